The van der Waals surface area contributed by atoms with Crippen molar-refractivity contribution in [2.24, 2.45) is 0 Å². The lowest BCUT2D eigenvalue weighted by Gasteiger charge is -2.36. The van der Waals surface area contributed by atoms with E-state index in [1.54, 1.807) is 0 Å². The van der Waals surface area contributed by atoms with Crippen molar-refractivity contribution in [2.75, 3.05) is 37.6 Å². The summed E-state index contributed by atoms with van der Waals surface area (Å²) >= 11 is 5.42. The summed E-state index contributed by atoms with van der Waals surface area (Å²) in [5.41, 5.74) is 3.04. The van der Waals surface area contributed by atoms with Gasteiger partial charge in [0.1, 0.15) is 5.75 Å². The number of H-pyrrole nitrogens is 1. The first-order valence-electron chi connectivity index (χ1n) is 12.8. The molecule has 8 heteroatoms. The Morgan fingerprint density at radius 2 is 1.67 bits per heavy atom. The zero-order chi connectivity index (χ0) is 24.7. The summed E-state index contributed by atoms with van der Waals surface area (Å²) in [6.07, 6.45) is 3.81. The summed E-state index contributed by atoms with van der Waals surface area (Å²) < 4.78 is 6.66. The van der Waals surface area contributed by atoms with E-state index in [4.69, 9.17) is 17.0 Å². The van der Waals surface area contributed by atoms with E-state index in [1.807, 2.05) is 47.4 Å². The molecule has 0 unspecified atom stereocenters. The lowest BCUT2D eigenvalue weighted by Crippen LogP contribution is -2.46. The van der Waals surface area contributed by atoms with Crippen LogP contribution in [-0.4, -0.2) is 58.4 Å². The van der Waals surface area contributed by atoms with E-state index in [2.05, 4.69) is 38.0 Å². The first-order chi connectivity index (χ1) is 17.6. The van der Waals surface area contributed by atoms with Gasteiger partial charge in [0.15, 0.2) is 10.5 Å². The molecule has 2 aliphatic rings. The molecule has 1 N–H and O–H groups in total. The van der Waals surface area contributed by atoms with E-state index >= 15 is 0 Å². The molecule has 0 atom stereocenters. The van der Waals surface area contributed by atoms with Crippen molar-refractivity contribution in [3.05, 3.63) is 76.8 Å². The molecule has 1 aromatic heterocycles. The zero-order valence-corrected chi connectivity index (χ0v) is 21.4. The molecular weight excluding hydrogens is 470 g/mol. The summed E-state index contributed by atoms with van der Waals surface area (Å²) in [7, 11) is 0. The first kappa shape index (κ1) is 24.5. The molecule has 0 radical (unpaired) electrons. The van der Waals surface area contributed by atoms with E-state index < -0.39 is 0 Å². The Labute approximate surface area is 217 Å². The highest BCUT2D eigenvalue weighted by Crippen LogP contribution is 2.32. The maximum atomic E-state index is 12.4. The Morgan fingerprint density at radius 1 is 0.889 bits per heavy atom. The van der Waals surface area contributed by atoms with Crippen LogP contribution in [0, 0.1) is 4.77 Å². The standard InChI is InChI=1S/C28H33N5O2S/c34-27-13-5-2-8-14-33(27)21-23-19-22(29-28(36)30-23)20-31-15-17-32(18-16-31)25-11-6-7-12-26(25)35-24-9-3-1-4-10-24/h1,3-4,6-7,9-12,19H,2,5,8,13-18,20-21H2,(H,29,30,36). The smallest absolute Gasteiger partial charge is 0.222 e. The molecule has 3 heterocycles. The number of carbonyl (C=O) groups is 1. The van der Waals surface area contributed by atoms with Crippen molar-refractivity contribution in [3.63, 3.8) is 0 Å². The van der Waals surface area contributed by atoms with Crippen LogP contribution in [0.2, 0.25) is 0 Å². The van der Waals surface area contributed by atoms with Gasteiger partial charge in [-0.05, 0) is 55.4 Å². The van der Waals surface area contributed by atoms with Crippen LogP contribution in [0.15, 0.2) is 60.7 Å². The molecular formula is C28H33N5O2S. The molecule has 2 aromatic carbocycles. The Hall–Kier alpha value is -3.23. The molecule has 0 bridgehead atoms. The topological polar surface area (TPSA) is 64.7 Å². The number of rotatable bonds is 7. The Balaban J connectivity index is 1.21. The molecule has 5 rings (SSSR count). The number of benzene rings is 2. The summed E-state index contributed by atoms with van der Waals surface area (Å²) in [5, 5.41) is 0. The van der Waals surface area contributed by atoms with Crippen LogP contribution in [0.25, 0.3) is 0 Å². The number of amides is 1. The number of aromatic nitrogens is 2. The van der Waals surface area contributed by atoms with Gasteiger partial charge in [0.25, 0.3) is 0 Å². The second kappa shape index (κ2) is 11.7. The zero-order valence-electron chi connectivity index (χ0n) is 20.6. The van der Waals surface area contributed by atoms with Crippen molar-refractivity contribution >= 4 is 23.8 Å². The number of likely N-dealkylation sites (tertiary alicyclic amines) is 1. The number of ether oxygens (including phenoxy) is 1. The largest absolute Gasteiger partial charge is 0.455 e. The third-order valence-corrected chi connectivity index (χ3v) is 7.01. The van der Waals surface area contributed by atoms with Crippen LogP contribution in [0.4, 0.5) is 5.69 Å². The predicted molar refractivity (Wildman–Crippen MR) is 144 cm³/mol. The number of hydrogen-bond acceptors (Lipinski definition) is 6. The van der Waals surface area contributed by atoms with Gasteiger partial charge >= 0.3 is 0 Å². The van der Waals surface area contributed by atoms with Gasteiger partial charge in [-0.1, -0.05) is 36.8 Å². The molecule has 188 valence electrons. The van der Waals surface area contributed by atoms with Crippen molar-refractivity contribution in [1.29, 1.82) is 0 Å². The van der Waals surface area contributed by atoms with Crippen molar-refractivity contribution < 1.29 is 9.53 Å². The molecule has 7 nitrogen and oxygen atoms in total. The summed E-state index contributed by atoms with van der Waals surface area (Å²) in [5.74, 6) is 1.95. The van der Waals surface area contributed by atoms with Gasteiger partial charge in [-0.2, -0.15) is 0 Å². The van der Waals surface area contributed by atoms with Crippen LogP contribution in [0.5, 0.6) is 11.5 Å². The highest BCUT2D eigenvalue weighted by atomic mass is 32.1. The van der Waals surface area contributed by atoms with E-state index in [0.717, 1.165) is 87.1 Å². The minimum Gasteiger partial charge on any atom is -0.455 e. The quantitative estimate of drug-likeness (QED) is 0.450. The molecule has 1 amide bonds. The average Bonchev–Trinajstić information content (AvgIpc) is 3.09. The van der Waals surface area contributed by atoms with Crippen molar-refractivity contribution in [1.82, 2.24) is 19.8 Å². The molecule has 2 saturated heterocycles. The molecule has 0 saturated carbocycles. The monoisotopic (exact) mass is 503 g/mol. The average molecular weight is 504 g/mol. The third kappa shape index (κ3) is 6.30. The highest BCUT2D eigenvalue weighted by molar-refractivity contribution is 7.71. The van der Waals surface area contributed by atoms with Gasteiger partial charge in [0.2, 0.25) is 5.91 Å². The molecule has 0 aliphatic carbocycles. The summed E-state index contributed by atoms with van der Waals surface area (Å²) in [6.45, 7) is 5.79. The maximum absolute atomic E-state index is 12.4. The maximum Gasteiger partial charge on any atom is 0.222 e. The van der Waals surface area contributed by atoms with Gasteiger partial charge in [0, 0.05) is 51.4 Å². The van der Waals surface area contributed by atoms with Crippen LogP contribution in [-0.2, 0) is 17.9 Å². The number of hydrogen-bond donors (Lipinski definition) is 1. The molecule has 36 heavy (non-hydrogen) atoms. The minimum absolute atomic E-state index is 0.234. The first-order valence-corrected chi connectivity index (χ1v) is 13.2. The number of piperazine rings is 1. The Bertz CT molecular complexity index is 1220. The van der Waals surface area contributed by atoms with Crippen LogP contribution in [0.3, 0.4) is 0 Å². The molecule has 2 fully saturated rings. The van der Waals surface area contributed by atoms with Crippen molar-refractivity contribution in [3.8, 4) is 11.5 Å². The number of carbonyl (C=O) groups excluding carboxylic acids is 1. The summed E-state index contributed by atoms with van der Waals surface area (Å²) in [4.78, 5) is 26.9. The Kier molecular flexibility index (Phi) is 7.93. The van der Waals surface area contributed by atoms with E-state index in [9.17, 15) is 4.79 Å². The lowest BCUT2D eigenvalue weighted by atomic mass is 10.2. The van der Waals surface area contributed by atoms with Gasteiger partial charge in [-0.25, -0.2) is 4.98 Å². The fraction of sp³-hybridized carbons (Fsp3) is 0.393. The van der Waals surface area contributed by atoms with Crippen molar-refractivity contribution in [2.45, 2.75) is 38.8 Å². The molecule has 0 spiro atoms. The lowest BCUT2D eigenvalue weighted by molar-refractivity contribution is -0.131. The third-order valence-electron chi connectivity index (χ3n) is 6.82. The summed E-state index contributed by atoms with van der Waals surface area (Å²) in [6, 6.07) is 20.2. The van der Waals surface area contributed by atoms with E-state index in [0.29, 0.717) is 17.7 Å². The number of nitrogens with zero attached hydrogens (tertiary/aromatic N) is 4. The number of nitrogens with one attached hydrogen (secondary N) is 1. The molecule has 2 aliphatic heterocycles. The van der Waals surface area contributed by atoms with E-state index in [1.165, 1.54) is 0 Å². The predicted octanol–water partition coefficient (Wildman–Crippen LogP) is 5.16. The fourth-order valence-corrected chi connectivity index (χ4v) is 5.19. The van der Waals surface area contributed by atoms with Crippen LogP contribution in [0.1, 0.15) is 37.1 Å². The van der Waals surface area contributed by atoms with Crippen LogP contribution < -0.4 is 9.64 Å². The number of anilines is 1. The fourth-order valence-electron chi connectivity index (χ4n) is 4.94. The van der Waals surface area contributed by atoms with Crippen LogP contribution >= 0.6 is 12.2 Å². The van der Waals surface area contributed by atoms with Gasteiger partial charge in [-0.3, -0.25) is 9.69 Å². The molecule has 3 aromatic rings. The second-order valence-corrected chi connectivity index (χ2v) is 9.86. The SMILES string of the molecule is O=C1CCCCCN1Cc1cc(CN2CCN(c3ccccc3Oc3ccccc3)CC2)nc(=S)[nH]1. The number of aromatic amines is 1. The Morgan fingerprint density at radius 3 is 2.50 bits per heavy atom. The normalized spacial score (nSPS) is 17.2. The number of para-hydroxylation sites is 3. The van der Waals surface area contributed by atoms with Gasteiger partial charge < -0.3 is 19.5 Å². The second-order valence-electron chi connectivity index (χ2n) is 9.47. The van der Waals surface area contributed by atoms with Gasteiger partial charge in [0.05, 0.1) is 17.9 Å². The van der Waals surface area contributed by atoms with Gasteiger partial charge in [-0.15, -0.1) is 0 Å². The van der Waals surface area contributed by atoms with E-state index in [-0.39, 0.29) is 5.91 Å². The minimum atomic E-state index is 0.234. The highest BCUT2D eigenvalue weighted by Gasteiger charge is 2.21.